The lowest BCUT2D eigenvalue weighted by molar-refractivity contribution is 0.711. The van der Waals surface area contributed by atoms with Crippen molar-refractivity contribution in [2.24, 2.45) is 7.05 Å². The van der Waals surface area contributed by atoms with Crippen LogP contribution < -0.4 is 5.32 Å². The summed E-state index contributed by atoms with van der Waals surface area (Å²) in [7, 11) is 1.95. The van der Waals surface area contributed by atoms with E-state index < -0.39 is 0 Å². The van der Waals surface area contributed by atoms with E-state index in [1.54, 1.807) is 0 Å². The van der Waals surface area contributed by atoms with Crippen molar-refractivity contribution in [2.75, 3.05) is 11.9 Å². The molecule has 5 heteroatoms. The van der Waals surface area contributed by atoms with Crippen LogP contribution in [0.1, 0.15) is 11.3 Å². The topological polar surface area (TPSA) is 42.7 Å². The maximum absolute atomic E-state index is 4.34. The molecular formula is C12H15BrN4. The Bertz CT molecular complexity index is 507. The second-order valence-corrected chi connectivity index (χ2v) is 4.82. The summed E-state index contributed by atoms with van der Waals surface area (Å²) >= 11 is 3.50. The highest BCUT2D eigenvalue weighted by atomic mass is 79.9. The Morgan fingerprint density at radius 2 is 2.29 bits per heavy atom. The highest BCUT2D eigenvalue weighted by Crippen LogP contribution is 2.20. The van der Waals surface area contributed by atoms with Gasteiger partial charge in [0, 0.05) is 38.1 Å². The Morgan fingerprint density at radius 1 is 1.47 bits per heavy atom. The second-order valence-electron chi connectivity index (χ2n) is 3.97. The van der Waals surface area contributed by atoms with E-state index in [-0.39, 0.29) is 0 Å². The first kappa shape index (κ1) is 12.1. The quantitative estimate of drug-likeness (QED) is 0.942. The number of nitrogens with zero attached hydrogens (tertiary/aromatic N) is 3. The van der Waals surface area contributed by atoms with Gasteiger partial charge in [-0.3, -0.25) is 4.68 Å². The minimum Gasteiger partial charge on any atom is -0.369 e. The molecule has 2 aromatic heterocycles. The monoisotopic (exact) mass is 294 g/mol. The molecule has 1 N–H and O–H groups in total. The van der Waals surface area contributed by atoms with Gasteiger partial charge in [-0.2, -0.15) is 5.10 Å². The number of nitrogens with one attached hydrogen (secondary N) is 1. The van der Waals surface area contributed by atoms with Gasteiger partial charge in [0.25, 0.3) is 0 Å². The van der Waals surface area contributed by atoms with Crippen LogP contribution in [-0.4, -0.2) is 21.3 Å². The van der Waals surface area contributed by atoms with E-state index in [4.69, 9.17) is 0 Å². The van der Waals surface area contributed by atoms with Gasteiger partial charge in [0.05, 0.1) is 4.47 Å². The van der Waals surface area contributed by atoms with E-state index in [1.807, 2.05) is 37.1 Å². The molecule has 0 spiro atoms. The molecule has 0 aromatic carbocycles. The zero-order valence-electron chi connectivity index (χ0n) is 9.94. The van der Waals surface area contributed by atoms with Crippen LogP contribution in [0.2, 0.25) is 0 Å². The Balaban J connectivity index is 1.92. The average molecular weight is 295 g/mol. The van der Waals surface area contributed by atoms with Gasteiger partial charge in [0.15, 0.2) is 0 Å². The van der Waals surface area contributed by atoms with Gasteiger partial charge >= 0.3 is 0 Å². The molecule has 0 unspecified atom stereocenters. The van der Waals surface area contributed by atoms with Crippen molar-refractivity contribution < 1.29 is 0 Å². The van der Waals surface area contributed by atoms with Crippen LogP contribution in [0.5, 0.6) is 0 Å². The van der Waals surface area contributed by atoms with E-state index in [0.717, 1.165) is 28.8 Å². The summed E-state index contributed by atoms with van der Waals surface area (Å²) in [6.45, 7) is 2.87. The zero-order chi connectivity index (χ0) is 12.3. The fourth-order valence-corrected chi connectivity index (χ4v) is 2.22. The molecule has 0 aliphatic rings. The summed E-state index contributed by atoms with van der Waals surface area (Å²) in [4.78, 5) is 4.34. The molecule has 0 aliphatic heterocycles. The number of anilines is 1. The lowest BCUT2D eigenvalue weighted by Crippen LogP contribution is -2.09. The molecule has 2 aromatic rings. The molecule has 0 aliphatic carbocycles. The van der Waals surface area contributed by atoms with Gasteiger partial charge < -0.3 is 5.32 Å². The average Bonchev–Trinajstić information content (AvgIpc) is 2.68. The Labute approximate surface area is 109 Å². The van der Waals surface area contributed by atoms with Crippen molar-refractivity contribution in [1.29, 1.82) is 0 Å². The summed E-state index contributed by atoms with van der Waals surface area (Å²) in [6, 6.07) is 4.08. The Morgan fingerprint density at radius 3 is 2.94 bits per heavy atom. The minimum absolute atomic E-state index is 0.841. The van der Waals surface area contributed by atoms with E-state index in [2.05, 4.69) is 37.4 Å². The summed E-state index contributed by atoms with van der Waals surface area (Å²) in [5, 5.41) is 7.44. The van der Waals surface area contributed by atoms with Gasteiger partial charge in [-0.1, -0.05) is 0 Å². The van der Waals surface area contributed by atoms with Crippen molar-refractivity contribution in [3.05, 3.63) is 40.3 Å². The van der Waals surface area contributed by atoms with Crippen LogP contribution >= 0.6 is 15.9 Å². The van der Waals surface area contributed by atoms with Crippen LogP contribution in [0, 0.1) is 6.92 Å². The first-order valence-electron chi connectivity index (χ1n) is 5.49. The van der Waals surface area contributed by atoms with Gasteiger partial charge in [-0.05, 0) is 40.5 Å². The molecule has 2 rings (SSSR count). The first-order chi connectivity index (χ1) is 8.16. The molecule has 0 saturated heterocycles. The Hall–Kier alpha value is -1.36. The molecule has 17 heavy (non-hydrogen) atoms. The normalized spacial score (nSPS) is 10.5. The lowest BCUT2D eigenvalue weighted by Gasteiger charge is -2.08. The lowest BCUT2D eigenvalue weighted by atomic mass is 10.3. The van der Waals surface area contributed by atoms with E-state index in [9.17, 15) is 0 Å². The number of rotatable bonds is 4. The molecule has 0 radical (unpaired) electrons. The molecule has 0 bridgehead atoms. The number of pyridine rings is 1. The number of hydrogen-bond donors (Lipinski definition) is 1. The third kappa shape index (κ3) is 3.06. The SMILES string of the molecule is Cc1cnc(NCCc2ccnn2C)c(Br)c1. The van der Waals surface area contributed by atoms with Crippen molar-refractivity contribution in [2.45, 2.75) is 13.3 Å². The van der Waals surface area contributed by atoms with E-state index in [0.29, 0.717) is 0 Å². The van der Waals surface area contributed by atoms with Gasteiger partial charge in [-0.15, -0.1) is 0 Å². The highest BCUT2D eigenvalue weighted by Gasteiger charge is 2.02. The summed E-state index contributed by atoms with van der Waals surface area (Å²) in [5.41, 5.74) is 2.36. The highest BCUT2D eigenvalue weighted by molar-refractivity contribution is 9.10. The number of aromatic nitrogens is 3. The fourth-order valence-electron chi connectivity index (χ4n) is 1.62. The molecule has 0 amide bonds. The summed E-state index contributed by atoms with van der Waals surface area (Å²) < 4.78 is 2.89. The van der Waals surface area contributed by atoms with Crippen LogP contribution in [0.15, 0.2) is 29.0 Å². The van der Waals surface area contributed by atoms with Crippen molar-refractivity contribution in [3.63, 3.8) is 0 Å². The Kier molecular flexibility index (Phi) is 3.78. The maximum Gasteiger partial charge on any atom is 0.140 e. The third-order valence-corrected chi connectivity index (χ3v) is 3.18. The van der Waals surface area contributed by atoms with Gasteiger partial charge in [0.1, 0.15) is 5.82 Å². The van der Waals surface area contributed by atoms with Gasteiger partial charge in [0.2, 0.25) is 0 Å². The maximum atomic E-state index is 4.34. The predicted molar refractivity (Wildman–Crippen MR) is 72.1 cm³/mol. The molecule has 2 heterocycles. The molecular weight excluding hydrogens is 280 g/mol. The standard InChI is InChI=1S/C12H15BrN4/c1-9-7-11(13)12(15-8-9)14-5-3-10-4-6-16-17(10)2/h4,6-8H,3,5H2,1-2H3,(H,14,15). The smallest absolute Gasteiger partial charge is 0.140 e. The van der Waals surface area contributed by atoms with Crippen LogP contribution in [0.4, 0.5) is 5.82 Å². The zero-order valence-corrected chi connectivity index (χ0v) is 11.5. The predicted octanol–water partition coefficient (Wildman–Crippen LogP) is 2.54. The fraction of sp³-hybridized carbons (Fsp3) is 0.333. The number of hydrogen-bond acceptors (Lipinski definition) is 3. The molecule has 4 nitrogen and oxygen atoms in total. The minimum atomic E-state index is 0.841. The summed E-state index contributed by atoms with van der Waals surface area (Å²) in [6.07, 6.45) is 4.60. The van der Waals surface area contributed by atoms with Crippen LogP contribution in [-0.2, 0) is 13.5 Å². The largest absolute Gasteiger partial charge is 0.369 e. The van der Waals surface area contributed by atoms with Crippen molar-refractivity contribution in [1.82, 2.24) is 14.8 Å². The summed E-state index contributed by atoms with van der Waals surface area (Å²) in [5.74, 6) is 0.887. The second kappa shape index (κ2) is 5.31. The number of halogens is 1. The van der Waals surface area contributed by atoms with Crippen LogP contribution in [0.3, 0.4) is 0 Å². The third-order valence-electron chi connectivity index (χ3n) is 2.57. The van der Waals surface area contributed by atoms with Gasteiger partial charge in [-0.25, -0.2) is 4.98 Å². The number of aryl methyl sites for hydroxylation is 2. The van der Waals surface area contributed by atoms with Crippen molar-refractivity contribution >= 4 is 21.7 Å². The first-order valence-corrected chi connectivity index (χ1v) is 6.29. The molecule has 0 saturated carbocycles. The molecule has 0 atom stereocenters. The van der Waals surface area contributed by atoms with E-state index >= 15 is 0 Å². The van der Waals surface area contributed by atoms with Crippen LogP contribution in [0.25, 0.3) is 0 Å². The molecule has 90 valence electrons. The van der Waals surface area contributed by atoms with E-state index in [1.165, 1.54) is 5.69 Å². The molecule has 0 fully saturated rings. The van der Waals surface area contributed by atoms with Crippen molar-refractivity contribution in [3.8, 4) is 0 Å².